The molecule has 0 aromatic heterocycles. The van der Waals surface area contributed by atoms with Crippen molar-refractivity contribution in [2.24, 2.45) is 0 Å². The van der Waals surface area contributed by atoms with E-state index in [2.05, 4.69) is 13.8 Å². The van der Waals surface area contributed by atoms with Crippen LogP contribution in [0, 0.1) is 0 Å². The summed E-state index contributed by atoms with van der Waals surface area (Å²) in [5, 5.41) is 19.4. The van der Waals surface area contributed by atoms with Crippen LogP contribution in [0.5, 0.6) is 0 Å². The van der Waals surface area contributed by atoms with E-state index in [9.17, 15) is 10.2 Å². The van der Waals surface area contributed by atoms with Gasteiger partial charge in [-0.05, 0) is 12.8 Å². The first-order valence-electron chi connectivity index (χ1n) is 7.75. The Hall–Kier alpha value is -0.340. The van der Waals surface area contributed by atoms with Gasteiger partial charge in [-0.2, -0.15) is 0 Å². The second kappa shape index (κ2) is 13.1. The summed E-state index contributed by atoms with van der Waals surface area (Å²) < 4.78 is 0. The quantitative estimate of drug-likeness (QED) is 0.406. The number of rotatable bonds is 12. The lowest BCUT2D eigenvalue weighted by Gasteiger charge is -2.08. The average Bonchev–Trinajstić information content (AvgIpc) is 2.37. The minimum Gasteiger partial charge on any atom is -0.389 e. The predicted octanol–water partition coefficient (Wildman–Crippen LogP) is 4.21. The molecule has 2 N–H and O–H groups in total. The van der Waals surface area contributed by atoms with E-state index in [1.807, 2.05) is 0 Å². The number of hydrogen-bond acceptors (Lipinski definition) is 2. The molecule has 0 unspecified atom stereocenters. The Bertz CT molecular complexity index is 170. The summed E-state index contributed by atoms with van der Waals surface area (Å²) >= 11 is 0. The van der Waals surface area contributed by atoms with Crippen LogP contribution in [0.3, 0.4) is 0 Å². The monoisotopic (exact) mass is 256 g/mol. The van der Waals surface area contributed by atoms with Crippen LogP contribution in [-0.4, -0.2) is 22.4 Å². The molecule has 0 saturated heterocycles. The third kappa shape index (κ3) is 12.1. The van der Waals surface area contributed by atoms with Gasteiger partial charge in [0.15, 0.2) is 0 Å². The van der Waals surface area contributed by atoms with Crippen LogP contribution in [0.1, 0.15) is 78.1 Å². The molecule has 2 atom stereocenters. The molecule has 0 rings (SSSR count). The van der Waals surface area contributed by atoms with Gasteiger partial charge in [-0.3, -0.25) is 0 Å². The van der Waals surface area contributed by atoms with Gasteiger partial charge in [0.05, 0.1) is 12.2 Å². The smallest absolute Gasteiger partial charge is 0.0721 e. The molecule has 2 nitrogen and oxygen atoms in total. The number of aliphatic hydroxyl groups is 2. The zero-order valence-corrected chi connectivity index (χ0v) is 12.3. The second-order valence-electron chi connectivity index (χ2n) is 5.22. The van der Waals surface area contributed by atoms with Crippen LogP contribution >= 0.6 is 0 Å². The third-order valence-electron chi connectivity index (χ3n) is 3.26. The molecule has 18 heavy (non-hydrogen) atoms. The first-order valence-corrected chi connectivity index (χ1v) is 7.75. The Morgan fingerprint density at radius 2 is 1.06 bits per heavy atom. The van der Waals surface area contributed by atoms with E-state index in [0.29, 0.717) is 0 Å². The van der Waals surface area contributed by atoms with Crippen molar-refractivity contribution in [3.63, 3.8) is 0 Å². The van der Waals surface area contributed by atoms with E-state index in [1.54, 1.807) is 12.2 Å². The maximum Gasteiger partial charge on any atom is 0.0721 e. The van der Waals surface area contributed by atoms with Crippen molar-refractivity contribution in [1.82, 2.24) is 0 Å². The highest BCUT2D eigenvalue weighted by molar-refractivity contribution is 4.93. The first-order chi connectivity index (χ1) is 8.70. The van der Waals surface area contributed by atoms with Gasteiger partial charge in [0.1, 0.15) is 0 Å². The zero-order valence-electron chi connectivity index (χ0n) is 12.3. The lowest BCUT2D eigenvalue weighted by molar-refractivity contribution is 0.192. The van der Waals surface area contributed by atoms with Crippen LogP contribution in [-0.2, 0) is 0 Å². The lowest BCUT2D eigenvalue weighted by atomic mass is 10.1. The fourth-order valence-electron chi connectivity index (χ4n) is 2.01. The molecule has 0 aliphatic rings. The summed E-state index contributed by atoms with van der Waals surface area (Å²) in [6.07, 6.45) is 13.9. The molecule has 0 aliphatic carbocycles. The maximum atomic E-state index is 9.71. The molecule has 0 aromatic carbocycles. The number of unbranched alkanes of at least 4 members (excludes halogenated alkanes) is 6. The molecule has 108 valence electrons. The van der Waals surface area contributed by atoms with Crippen molar-refractivity contribution >= 4 is 0 Å². The van der Waals surface area contributed by atoms with E-state index in [-0.39, 0.29) is 12.2 Å². The zero-order chi connectivity index (χ0) is 13.6. The van der Waals surface area contributed by atoms with E-state index in [4.69, 9.17) is 0 Å². The molecule has 2 heteroatoms. The van der Waals surface area contributed by atoms with Crippen LogP contribution in [0.15, 0.2) is 12.2 Å². The molecule has 0 heterocycles. The fraction of sp³-hybridized carbons (Fsp3) is 0.875. The highest BCUT2D eigenvalue weighted by atomic mass is 16.3. The normalized spacial score (nSPS) is 15.1. The van der Waals surface area contributed by atoms with Crippen molar-refractivity contribution in [3.8, 4) is 0 Å². The summed E-state index contributed by atoms with van der Waals surface area (Å²) in [4.78, 5) is 0. The molecule has 0 amide bonds. The van der Waals surface area contributed by atoms with Crippen molar-refractivity contribution in [1.29, 1.82) is 0 Å². The molecule has 0 radical (unpaired) electrons. The fourth-order valence-corrected chi connectivity index (χ4v) is 2.01. The van der Waals surface area contributed by atoms with Crippen molar-refractivity contribution in [2.75, 3.05) is 0 Å². The summed E-state index contributed by atoms with van der Waals surface area (Å²) in [7, 11) is 0. The van der Waals surface area contributed by atoms with Gasteiger partial charge in [0.2, 0.25) is 0 Å². The van der Waals surface area contributed by atoms with Crippen molar-refractivity contribution < 1.29 is 10.2 Å². The highest BCUT2D eigenvalue weighted by Gasteiger charge is 2.02. The average molecular weight is 256 g/mol. The van der Waals surface area contributed by atoms with Crippen LogP contribution < -0.4 is 0 Å². The summed E-state index contributed by atoms with van der Waals surface area (Å²) in [6.45, 7) is 4.37. The van der Waals surface area contributed by atoms with Gasteiger partial charge in [0.25, 0.3) is 0 Å². The Kier molecular flexibility index (Phi) is 12.9. The molecule has 0 aliphatic heterocycles. The van der Waals surface area contributed by atoms with Crippen molar-refractivity contribution in [2.45, 2.75) is 90.3 Å². The lowest BCUT2D eigenvalue weighted by Crippen LogP contribution is -2.06. The predicted molar refractivity (Wildman–Crippen MR) is 78.7 cm³/mol. The largest absolute Gasteiger partial charge is 0.389 e. The molecular formula is C16H32O2. The minimum absolute atomic E-state index is 0.382. The topological polar surface area (TPSA) is 40.5 Å². The van der Waals surface area contributed by atoms with Gasteiger partial charge in [-0.25, -0.2) is 0 Å². The molecule has 0 saturated carbocycles. The highest BCUT2D eigenvalue weighted by Crippen LogP contribution is 2.09. The van der Waals surface area contributed by atoms with Crippen LogP contribution in [0.4, 0.5) is 0 Å². The minimum atomic E-state index is -0.382. The Labute approximate surface area is 113 Å². The van der Waals surface area contributed by atoms with Crippen molar-refractivity contribution in [3.05, 3.63) is 12.2 Å². The number of hydrogen-bond donors (Lipinski definition) is 2. The van der Waals surface area contributed by atoms with Gasteiger partial charge in [-0.15, -0.1) is 0 Å². The molecule has 0 fully saturated rings. The van der Waals surface area contributed by atoms with Gasteiger partial charge >= 0.3 is 0 Å². The van der Waals surface area contributed by atoms with E-state index < -0.39 is 0 Å². The standard InChI is InChI=1S/C16H32O2/c1-3-5-7-9-11-15(17)13-14-16(18)12-10-8-6-4-2/h13-18H,3-12H2,1-2H3/b14-13+/t15-,16-/m1/s1. The van der Waals surface area contributed by atoms with Gasteiger partial charge < -0.3 is 10.2 Å². The maximum absolute atomic E-state index is 9.71. The van der Waals surface area contributed by atoms with E-state index in [1.165, 1.54) is 38.5 Å². The Balaban J connectivity index is 3.51. The Morgan fingerprint density at radius 3 is 1.39 bits per heavy atom. The van der Waals surface area contributed by atoms with E-state index in [0.717, 1.165) is 25.7 Å². The SMILES string of the molecule is CCCCCC[C@@H](O)/C=C/[C@H](O)CCCCCC. The summed E-state index contributed by atoms with van der Waals surface area (Å²) in [5.41, 5.74) is 0. The first kappa shape index (κ1) is 17.7. The molecular weight excluding hydrogens is 224 g/mol. The van der Waals surface area contributed by atoms with Crippen LogP contribution in [0.25, 0.3) is 0 Å². The second-order valence-corrected chi connectivity index (χ2v) is 5.22. The molecule has 0 bridgehead atoms. The van der Waals surface area contributed by atoms with Gasteiger partial charge in [-0.1, -0.05) is 77.4 Å². The van der Waals surface area contributed by atoms with Crippen LogP contribution in [0.2, 0.25) is 0 Å². The molecule has 0 spiro atoms. The Morgan fingerprint density at radius 1 is 0.667 bits per heavy atom. The third-order valence-corrected chi connectivity index (χ3v) is 3.26. The number of aliphatic hydroxyl groups excluding tert-OH is 2. The van der Waals surface area contributed by atoms with E-state index >= 15 is 0 Å². The van der Waals surface area contributed by atoms with Gasteiger partial charge in [0, 0.05) is 0 Å². The molecule has 0 aromatic rings. The summed E-state index contributed by atoms with van der Waals surface area (Å²) in [6, 6.07) is 0. The summed E-state index contributed by atoms with van der Waals surface area (Å²) in [5.74, 6) is 0.